The number of nitrogens with zero attached hydrogens (tertiary/aromatic N) is 2. The number of aryl methyl sites for hydroxylation is 1. The average Bonchev–Trinajstić information content (AvgIpc) is 2.28. The molecule has 0 aliphatic carbocycles. The Morgan fingerprint density at radius 1 is 1.48 bits per heavy atom. The van der Waals surface area contributed by atoms with E-state index in [-0.39, 0.29) is 23.8 Å². The Morgan fingerprint density at radius 2 is 2.10 bits per heavy atom. The second kappa shape index (κ2) is 6.64. The van der Waals surface area contributed by atoms with Gasteiger partial charge in [-0.05, 0) is 39.4 Å². The molecule has 0 unspecified atom stereocenters. The highest BCUT2D eigenvalue weighted by molar-refractivity contribution is 5.94. The summed E-state index contributed by atoms with van der Waals surface area (Å²) in [5.74, 6) is -0.367. The van der Waals surface area contributed by atoms with Crippen LogP contribution in [0.4, 0.5) is 11.4 Å². The molecule has 0 aliphatic rings. The highest BCUT2D eigenvalue weighted by Gasteiger charge is 2.19. The number of anilines is 1. The maximum atomic E-state index is 11.9. The molecule has 7 nitrogen and oxygen atoms in total. The van der Waals surface area contributed by atoms with Crippen molar-refractivity contribution in [2.24, 2.45) is 0 Å². The predicted octanol–water partition coefficient (Wildman–Crippen LogP) is 1.54. The molecular formula is C14H21N3O4. The van der Waals surface area contributed by atoms with Crippen molar-refractivity contribution in [3.8, 4) is 0 Å². The first kappa shape index (κ1) is 17.1. The van der Waals surface area contributed by atoms with Crippen LogP contribution in [0, 0.1) is 17.0 Å². The fourth-order valence-electron chi connectivity index (χ4n) is 2.05. The lowest BCUT2D eigenvalue weighted by Gasteiger charge is -2.24. The number of nitrogens with one attached hydrogen (secondary N) is 1. The molecule has 0 heterocycles. The molecule has 1 aromatic carbocycles. The number of benzene rings is 1. The molecule has 1 rings (SSSR count). The molecule has 1 aromatic rings. The monoisotopic (exact) mass is 295 g/mol. The van der Waals surface area contributed by atoms with Crippen molar-refractivity contribution in [2.45, 2.75) is 26.4 Å². The number of nitro groups is 1. The number of carbonyl (C=O) groups excluding carboxylic acids is 1. The smallest absolute Gasteiger partial charge is 0.293 e. The summed E-state index contributed by atoms with van der Waals surface area (Å²) in [6, 6.07) is 4.63. The van der Waals surface area contributed by atoms with Gasteiger partial charge in [-0.25, -0.2) is 0 Å². The zero-order valence-corrected chi connectivity index (χ0v) is 12.7. The first-order valence-electron chi connectivity index (χ1n) is 6.54. The van der Waals surface area contributed by atoms with Gasteiger partial charge < -0.3 is 10.4 Å². The van der Waals surface area contributed by atoms with Crippen LogP contribution in [0.5, 0.6) is 0 Å². The Morgan fingerprint density at radius 3 is 2.62 bits per heavy atom. The van der Waals surface area contributed by atoms with Crippen molar-refractivity contribution < 1.29 is 14.8 Å². The summed E-state index contributed by atoms with van der Waals surface area (Å²) in [4.78, 5) is 24.0. The highest BCUT2D eigenvalue weighted by atomic mass is 16.6. The van der Waals surface area contributed by atoms with E-state index in [4.69, 9.17) is 0 Å². The second-order valence-corrected chi connectivity index (χ2v) is 5.81. The molecule has 7 heteroatoms. The van der Waals surface area contributed by atoms with E-state index in [1.165, 1.54) is 12.1 Å². The van der Waals surface area contributed by atoms with Crippen LogP contribution in [-0.2, 0) is 4.79 Å². The normalized spacial score (nSPS) is 11.5. The molecule has 0 fully saturated rings. The van der Waals surface area contributed by atoms with Gasteiger partial charge in [-0.1, -0.05) is 6.07 Å². The summed E-state index contributed by atoms with van der Waals surface area (Å²) in [5.41, 5.74) is -0.121. The van der Waals surface area contributed by atoms with Crippen molar-refractivity contribution in [1.29, 1.82) is 0 Å². The Kier molecular flexibility index (Phi) is 5.40. The Hall–Kier alpha value is -1.99. The van der Waals surface area contributed by atoms with E-state index in [1.54, 1.807) is 38.8 Å². The molecule has 0 spiro atoms. The van der Waals surface area contributed by atoms with E-state index in [2.05, 4.69) is 5.32 Å². The zero-order chi connectivity index (χ0) is 16.2. The van der Waals surface area contributed by atoms with Crippen LogP contribution in [0.3, 0.4) is 0 Å². The van der Waals surface area contributed by atoms with Crippen LogP contribution in [0.15, 0.2) is 18.2 Å². The standard InChI is InChI=1S/C14H21N3O4/c1-10-5-6-11(12(7-10)17(20)21)15-13(18)8-16(4)9-14(2,3)19/h5-7,19H,8-9H2,1-4H3,(H,15,18). The molecule has 0 aromatic heterocycles. The van der Waals surface area contributed by atoms with Crippen molar-refractivity contribution in [2.75, 3.05) is 25.5 Å². The summed E-state index contributed by atoms with van der Waals surface area (Å²) in [7, 11) is 1.70. The third kappa shape index (κ3) is 5.88. The lowest BCUT2D eigenvalue weighted by molar-refractivity contribution is -0.384. The molecule has 116 valence electrons. The molecule has 21 heavy (non-hydrogen) atoms. The Bertz CT molecular complexity index is 538. The second-order valence-electron chi connectivity index (χ2n) is 5.81. The largest absolute Gasteiger partial charge is 0.389 e. The van der Waals surface area contributed by atoms with Crippen molar-refractivity contribution >= 4 is 17.3 Å². The van der Waals surface area contributed by atoms with Crippen molar-refractivity contribution in [1.82, 2.24) is 4.90 Å². The Labute approximate surface area is 123 Å². The van der Waals surface area contributed by atoms with E-state index in [1.807, 2.05) is 0 Å². The number of hydrogen-bond donors (Lipinski definition) is 2. The number of rotatable bonds is 6. The van der Waals surface area contributed by atoms with Crippen LogP contribution in [0.2, 0.25) is 0 Å². The lowest BCUT2D eigenvalue weighted by atomic mass is 10.1. The zero-order valence-electron chi connectivity index (χ0n) is 12.7. The number of amides is 1. The number of nitro benzene ring substituents is 1. The van der Waals surface area contributed by atoms with Gasteiger partial charge >= 0.3 is 0 Å². The fourth-order valence-corrected chi connectivity index (χ4v) is 2.05. The highest BCUT2D eigenvalue weighted by Crippen LogP contribution is 2.25. The number of aliphatic hydroxyl groups is 1. The van der Waals surface area contributed by atoms with E-state index in [0.717, 1.165) is 5.56 Å². The topological polar surface area (TPSA) is 95.7 Å². The average molecular weight is 295 g/mol. The number of carbonyl (C=O) groups is 1. The van der Waals surface area contributed by atoms with Gasteiger partial charge in [0.15, 0.2) is 0 Å². The van der Waals surface area contributed by atoms with Crippen LogP contribution < -0.4 is 5.32 Å². The van der Waals surface area contributed by atoms with Gasteiger partial charge in [0, 0.05) is 12.6 Å². The van der Waals surface area contributed by atoms with Gasteiger partial charge in [0.1, 0.15) is 5.69 Å². The summed E-state index contributed by atoms with van der Waals surface area (Å²) < 4.78 is 0. The maximum absolute atomic E-state index is 11.9. The lowest BCUT2D eigenvalue weighted by Crippen LogP contribution is -2.40. The predicted molar refractivity (Wildman–Crippen MR) is 80.3 cm³/mol. The number of likely N-dealkylation sites (N-methyl/N-ethyl adjacent to an activating group) is 1. The minimum Gasteiger partial charge on any atom is -0.389 e. The fraction of sp³-hybridized carbons (Fsp3) is 0.500. The van der Waals surface area contributed by atoms with E-state index in [9.17, 15) is 20.0 Å². The first-order chi connectivity index (χ1) is 9.58. The molecule has 0 saturated heterocycles. The molecule has 0 atom stereocenters. The summed E-state index contributed by atoms with van der Waals surface area (Å²) in [6.07, 6.45) is 0. The molecule has 0 bridgehead atoms. The van der Waals surface area contributed by atoms with E-state index in [0.29, 0.717) is 6.54 Å². The van der Waals surface area contributed by atoms with E-state index >= 15 is 0 Å². The maximum Gasteiger partial charge on any atom is 0.293 e. The van der Waals surface area contributed by atoms with Gasteiger partial charge in [0.05, 0.1) is 17.1 Å². The van der Waals surface area contributed by atoms with Crippen LogP contribution in [0.1, 0.15) is 19.4 Å². The van der Waals surface area contributed by atoms with Gasteiger partial charge in [0.2, 0.25) is 5.91 Å². The van der Waals surface area contributed by atoms with Gasteiger partial charge in [-0.15, -0.1) is 0 Å². The molecular weight excluding hydrogens is 274 g/mol. The van der Waals surface area contributed by atoms with Gasteiger partial charge in [-0.3, -0.25) is 19.8 Å². The minimum absolute atomic E-state index is 0.0367. The Balaban J connectivity index is 2.73. The SMILES string of the molecule is Cc1ccc(NC(=O)CN(C)CC(C)(C)O)c([N+](=O)[O-])c1. The van der Waals surface area contributed by atoms with Gasteiger partial charge in [-0.2, -0.15) is 0 Å². The molecule has 2 N–H and O–H groups in total. The first-order valence-corrected chi connectivity index (χ1v) is 6.54. The minimum atomic E-state index is -0.912. The van der Waals surface area contributed by atoms with Crippen molar-refractivity contribution in [3.05, 3.63) is 33.9 Å². The summed E-state index contributed by atoms with van der Waals surface area (Å²) in [6.45, 7) is 5.39. The third-order valence-corrected chi connectivity index (χ3v) is 2.69. The van der Waals surface area contributed by atoms with Crippen LogP contribution in [0.25, 0.3) is 0 Å². The van der Waals surface area contributed by atoms with Crippen molar-refractivity contribution in [3.63, 3.8) is 0 Å². The number of hydrogen-bond acceptors (Lipinski definition) is 5. The molecule has 0 radical (unpaired) electrons. The van der Waals surface area contributed by atoms with Gasteiger partial charge in [0.25, 0.3) is 5.69 Å². The van der Waals surface area contributed by atoms with Crippen LogP contribution in [-0.4, -0.2) is 46.6 Å². The third-order valence-electron chi connectivity index (χ3n) is 2.69. The summed E-state index contributed by atoms with van der Waals surface area (Å²) >= 11 is 0. The quantitative estimate of drug-likeness (QED) is 0.613. The molecule has 0 aliphatic heterocycles. The summed E-state index contributed by atoms with van der Waals surface area (Å²) in [5, 5.41) is 23.2. The molecule has 1 amide bonds. The van der Waals surface area contributed by atoms with E-state index < -0.39 is 10.5 Å². The molecule has 0 saturated carbocycles. The van der Waals surface area contributed by atoms with Crippen LogP contribution >= 0.6 is 0 Å².